The van der Waals surface area contributed by atoms with Crippen LogP contribution in [0.2, 0.25) is 0 Å². The van der Waals surface area contributed by atoms with Crippen molar-refractivity contribution >= 4 is 40.7 Å². The highest BCUT2D eigenvalue weighted by molar-refractivity contribution is 7.99. The Morgan fingerprint density at radius 3 is 2.41 bits per heavy atom. The molecular weight excluding hydrogens is 510 g/mol. The summed E-state index contributed by atoms with van der Waals surface area (Å²) in [5.74, 6) is 3.03. The highest BCUT2D eigenvalue weighted by Crippen LogP contribution is 2.30. The molecule has 2 saturated heterocycles. The lowest BCUT2D eigenvalue weighted by Gasteiger charge is -2.41. The van der Waals surface area contributed by atoms with E-state index in [9.17, 15) is 9.90 Å². The number of aliphatic hydroxyl groups excluding tert-OH is 1. The van der Waals surface area contributed by atoms with Crippen LogP contribution in [0, 0.1) is 6.92 Å². The first kappa shape index (κ1) is 28.0. The van der Waals surface area contributed by atoms with Gasteiger partial charge in [0.05, 0.1) is 11.8 Å². The van der Waals surface area contributed by atoms with Crippen molar-refractivity contribution in [1.82, 2.24) is 14.9 Å². The van der Waals surface area contributed by atoms with E-state index >= 15 is 0 Å². The molecule has 1 aromatic carbocycles. The van der Waals surface area contributed by atoms with E-state index in [1.165, 1.54) is 35.6 Å². The maximum Gasteiger partial charge on any atom is 0.271 e. The van der Waals surface area contributed by atoms with Crippen molar-refractivity contribution in [2.24, 2.45) is 5.73 Å². The molecule has 1 amide bonds. The average molecular weight is 554 g/mol. The van der Waals surface area contributed by atoms with Crippen molar-refractivity contribution in [3.63, 3.8) is 0 Å². The van der Waals surface area contributed by atoms with Crippen molar-refractivity contribution in [2.45, 2.75) is 77.0 Å². The van der Waals surface area contributed by atoms with Gasteiger partial charge in [-0.1, -0.05) is 6.92 Å². The van der Waals surface area contributed by atoms with E-state index in [0.717, 1.165) is 69.3 Å². The molecule has 1 saturated carbocycles. The van der Waals surface area contributed by atoms with Crippen LogP contribution in [0.15, 0.2) is 18.2 Å². The lowest BCUT2D eigenvalue weighted by molar-refractivity contribution is 0.0996. The summed E-state index contributed by atoms with van der Waals surface area (Å²) in [6.07, 6.45) is 6.35. The highest BCUT2D eigenvalue weighted by Gasteiger charge is 2.26. The van der Waals surface area contributed by atoms with Crippen LogP contribution in [0.3, 0.4) is 0 Å². The number of aryl methyl sites for hydroxylation is 2. The van der Waals surface area contributed by atoms with Crippen LogP contribution in [0.1, 0.15) is 67.2 Å². The number of carbonyl (C=O) groups excluding carboxylic acids is 1. The molecule has 1 aliphatic carbocycles. The fourth-order valence-corrected chi connectivity index (χ4v) is 7.19. The van der Waals surface area contributed by atoms with Crippen LogP contribution in [0.4, 0.5) is 23.0 Å². The molecule has 0 atom stereocenters. The molecule has 0 spiro atoms. The summed E-state index contributed by atoms with van der Waals surface area (Å²) >= 11 is 2.09. The molecule has 3 heterocycles. The van der Waals surface area contributed by atoms with E-state index < -0.39 is 5.91 Å². The zero-order valence-corrected chi connectivity index (χ0v) is 24.1. The molecule has 0 radical (unpaired) electrons. The number of aliphatic hydroxyl groups is 1. The molecule has 5 rings (SSSR count). The minimum Gasteiger partial charge on any atom is -0.393 e. The number of hydrogen-bond acceptors (Lipinski definition) is 9. The van der Waals surface area contributed by atoms with Gasteiger partial charge in [-0.2, -0.15) is 11.8 Å². The van der Waals surface area contributed by atoms with Crippen LogP contribution < -0.4 is 21.3 Å². The molecule has 2 aromatic rings. The number of piperazine rings is 1. The second-order valence-electron chi connectivity index (χ2n) is 11.1. The Kier molecular flexibility index (Phi) is 9.14. The Balaban J connectivity index is 1.29. The maximum atomic E-state index is 12.3. The molecule has 1 aromatic heterocycles. The maximum absolute atomic E-state index is 12.3. The minimum absolute atomic E-state index is 0.149. The fourth-order valence-electron chi connectivity index (χ4n) is 6.11. The van der Waals surface area contributed by atoms with Gasteiger partial charge in [0.2, 0.25) is 0 Å². The number of rotatable bonds is 8. The van der Waals surface area contributed by atoms with E-state index in [2.05, 4.69) is 56.2 Å². The highest BCUT2D eigenvalue weighted by atomic mass is 32.2. The fraction of sp³-hybridized carbons (Fsp3) is 0.621. The van der Waals surface area contributed by atoms with Gasteiger partial charge >= 0.3 is 0 Å². The molecule has 10 heteroatoms. The number of nitrogens with two attached hydrogens (primary N) is 1. The Labute approximate surface area is 236 Å². The van der Waals surface area contributed by atoms with E-state index in [1.54, 1.807) is 0 Å². The van der Waals surface area contributed by atoms with Crippen molar-refractivity contribution in [1.29, 1.82) is 0 Å². The number of carbonyl (C=O) groups is 1. The lowest BCUT2D eigenvalue weighted by atomic mass is 9.93. The molecule has 0 unspecified atom stereocenters. The van der Waals surface area contributed by atoms with Crippen molar-refractivity contribution in [2.75, 3.05) is 53.2 Å². The Bertz CT molecular complexity index is 1140. The van der Waals surface area contributed by atoms with Crippen LogP contribution in [-0.4, -0.2) is 81.8 Å². The summed E-state index contributed by atoms with van der Waals surface area (Å²) < 4.78 is 0. The average Bonchev–Trinajstić information content (AvgIpc) is 2.95. The van der Waals surface area contributed by atoms with Gasteiger partial charge in [0.1, 0.15) is 5.82 Å². The minimum atomic E-state index is -0.602. The molecule has 212 valence electrons. The predicted molar refractivity (Wildman–Crippen MR) is 160 cm³/mol. The van der Waals surface area contributed by atoms with Crippen molar-refractivity contribution < 1.29 is 9.90 Å². The Hall–Kier alpha value is -2.56. The lowest BCUT2D eigenvalue weighted by Crippen LogP contribution is -2.51. The zero-order chi connectivity index (χ0) is 27.4. The number of amides is 1. The van der Waals surface area contributed by atoms with Crippen molar-refractivity contribution in [3.8, 4) is 0 Å². The van der Waals surface area contributed by atoms with E-state index in [1.807, 2.05) is 13.0 Å². The summed E-state index contributed by atoms with van der Waals surface area (Å²) in [5.41, 5.74) is 9.87. The molecule has 0 bridgehead atoms. The van der Waals surface area contributed by atoms with Crippen LogP contribution >= 0.6 is 11.8 Å². The standard InChI is InChI=1S/C29H43N7O2S/c1-3-24-28(31-20-4-7-23(37)8-5-20)34-29(26(33-24)27(30)38)32-21-6-9-25(19(2)18-21)36-14-12-35(13-15-36)22-10-16-39-17-11-22/h6,9,18,20,22-23,37H,3-5,7-8,10-17H2,1-2H3,(H2,30,38)(H2,31,32,34). The Morgan fingerprint density at radius 2 is 1.77 bits per heavy atom. The first-order valence-corrected chi connectivity index (χ1v) is 15.7. The normalized spacial score (nSPS) is 23.0. The molecular formula is C29H43N7O2S. The summed E-state index contributed by atoms with van der Waals surface area (Å²) in [4.78, 5) is 26.9. The third kappa shape index (κ3) is 6.78. The summed E-state index contributed by atoms with van der Waals surface area (Å²) in [6, 6.07) is 7.29. The number of thioether (sulfide) groups is 1. The second-order valence-corrected chi connectivity index (χ2v) is 12.3. The van der Waals surface area contributed by atoms with Gasteiger partial charge in [0.15, 0.2) is 11.5 Å². The first-order chi connectivity index (χ1) is 18.9. The predicted octanol–water partition coefficient (Wildman–Crippen LogP) is 3.92. The monoisotopic (exact) mass is 553 g/mol. The molecule has 3 aliphatic rings. The van der Waals surface area contributed by atoms with E-state index in [-0.39, 0.29) is 17.8 Å². The Morgan fingerprint density at radius 1 is 1.05 bits per heavy atom. The third-order valence-corrected chi connectivity index (χ3v) is 9.44. The van der Waals surface area contributed by atoms with Gasteiger partial charge in [-0.15, -0.1) is 0 Å². The van der Waals surface area contributed by atoms with Gasteiger partial charge in [-0.25, -0.2) is 9.97 Å². The summed E-state index contributed by atoms with van der Waals surface area (Å²) in [6.45, 7) is 8.45. The van der Waals surface area contributed by atoms with Crippen LogP contribution in [0.5, 0.6) is 0 Å². The summed E-state index contributed by atoms with van der Waals surface area (Å²) in [5, 5.41) is 16.7. The molecule has 2 aliphatic heterocycles. The number of nitrogens with one attached hydrogen (secondary N) is 2. The molecule has 9 nitrogen and oxygen atoms in total. The number of benzene rings is 1. The smallest absolute Gasteiger partial charge is 0.271 e. The van der Waals surface area contributed by atoms with Gasteiger partial charge in [-0.05, 0) is 87.1 Å². The number of anilines is 4. The van der Waals surface area contributed by atoms with Gasteiger partial charge < -0.3 is 26.4 Å². The zero-order valence-electron chi connectivity index (χ0n) is 23.3. The van der Waals surface area contributed by atoms with Crippen molar-refractivity contribution in [3.05, 3.63) is 35.2 Å². The molecule has 5 N–H and O–H groups in total. The van der Waals surface area contributed by atoms with Crippen LogP contribution in [0.25, 0.3) is 0 Å². The van der Waals surface area contributed by atoms with E-state index in [4.69, 9.17) is 10.7 Å². The van der Waals surface area contributed by atoms with E-state index in [0.29, 0.717) is 18.1 Å². The van der Waals surface area contributed by atoms with Gasteiger partial charge in [0, 0.05) is 49.6 Å². The molecule has 39 heavy (non-hydrogen) atoms. The summed E-state index contributed by atoms with van der Waals surface area (Å²) in [7, 11) is 0. The first-order valence-electron chi connectivity index (χ1n) is 14.5. The quantitative estimate of drug-likeness (QED) is 0.386. The largest absolute Gasteiger partial charge is 0.393 e. The number of hydrogen-bond donors (Lipinski definition) is 4. The van der Waals surface area contributed by atoms with Gasteiger partial charge in [-0.3, -0.25) is 9.69 Å². The molecule has 3 fully saturated rings. The SMILES string of the molecule is CCc1nc(C(N)=O)c(Nc2ccc(N3CCN(C4CCSCC4)CC3)c(C)c2)nc1NC1CCC(O)CC1. The third-order valence-electron chi connectivity index (χ3n) is 8.40. The van der Waals surface area contributed by atoms with Crippen LogP contribution in [-0.2, 0) is 6.42 Å². The number of nitrogens with zero attached hydrogens (tertiary/aromatic N) is 4. The topological polar surface area (TPSA) is 120 Å². The number of primary amides is 1. The second kappa shape index (κ2) is 12.7. The van der Waals surface area contributed by atoms with Gasteiger partial charge in [0.25, 0.3) is 5.91 Å². The number of aromatic nitrogens is 2.